The van der Waals surface area contributed by atoms with Crippen LogP contribution in [0.5, 0.6) is 0 Å². The summed E-state index contributed by atoms with van der Waals surface area (Å²) in [6.07, 6.45) is 4.75. The average molecular weight is 507 g/mol. The second-order valence-electron chi connectivity index (χ2n) is 7.49. The third-order valence-corrected chi connectivity index (χ3v) is 5.65. The summed E-state index contributed by atoms with van der Waals surface area (Å²) in [5.74, 6) is 0.939. The van der Waals surface area contributed by atoms with Crippen molar-refractivity contribution >= 4 is 47.2 Å². The number of rotatable bonds is 8. The van der Waals surface area contributed by atoms with Crippen molar-refractivity contribution in [2.75, 3.05) is 44.8 Å². The standard InChI is InChI=1S/C20H31ClN4O.HI/c1-3-22-19(23-15-20(8-9-20)10-12-26-2)24-17-7-11-25(14-17)18-6-4-5-16(21)13-18;/h4-6,13,17H,3,7-12,14-15H2,1-2H3,(H2,22,23,24);1H. The molecule has 0 bridgehead atoms. The monoisotopic (exact) mass is 506 g/mol. The maximum Gasteiger partial charge on any atom is 0.191 e. The first-order valence-electron chi connectivity index (χ1n) is 9.68. The average Bonchev–Trinajstić information content (AvgIpc) is 3.26. The van der Waals surface area contributed by atoms with Crippen LogP contribution in [-0.4, -0.2) is 51.9 Å². The summed E-state index contributed by atoms with van der Waals surface area (Å²) in [6, 6.07) is 8.50. The number of methoxy groups -OCH3 is 1. The van der Waals surface area contributed by atoms with Gasteiger partial charge in [0.1, 0.15) is 0 Å². The molecule has 1 unspecified atom stereocenters. The number of guanidine groups is 1. The van der Waals surface area contributed by atoms with E-state index in [0.29, 0.717) is 11.5 Å². The maximum absolute atomic E-state index is 6.13. The molecular formula is C20H32ClIN4O. The molecule has 1 aromatic rings. The second kappa shape index (κ2) is 10.7. The Morgan fingerprint density at radius 2 is 2.22 bits per heavy atom. The highest BCUT2D eigenvalue weighted by atomic mass is 127. The zero-order valence-corrected chi connectivity index (χ0v) is 19.4. The molecule has 3 rings (SSSR count). The van der Waals surface area contributed by atoms with Gasteiger partial charge in [-0.15, -0.1) is 24.0 Å². The highest BCUT2D eigenvalue weighted by molar-refractivity contribution is 14.0. The van der Waals surface area contributed by atoms with Crippen molar-refractivity contribution in [3.8, 4) is 0 Å². The van der Waals surface area contributed by atoms with Gasteiger partial charge in [0.05, 0.1) is 0 Å². The molecule has 1 heterocycles. The molecule has 2 fully saturated rings. The Hall–Kier alpha value is -0.730. The Bertz CT molecular complexity index is 624. The van der Waals surface area contributed by atoms with Crippen LogP contribution in [0, 0.1) is 5.41 Å². The van der Waals surface area contributed by atoms with Crippen molar-refractivity contribution in [2.24, 2.45) is 10.4 Å². The molecule has 0 radical (unpaired) electrons. The van der Waals surface area contributed by atoms with Crippen LogP contribution >= 0.6 is 35.6 Å². The van der Waals surface area contributed by atoms with E-state index < -0.39 is 0 Å². The van der Waals surface area contributed by atoms with Crippen molar-refractivity contribution in [1.82, 2.24) is 10.6 Å². The fourth-order valence-corrected chi connectivity index (χ4v) is 3.71. The fraction of sp³-hybridized carbons (Fsp3) is 0.650. The molecule has 2 aliphatic rings. The van der Waals surface area contributed by atoms with E-state index in [4.69, 9.17) is 21.3 Å². The molecule has 7 heteroatoms. The smallest absolute Gasteiger partial charge is 0.191 e. The molecule has 1 aliphatic carbocycles. The number of aliphatic imine (C=N–C) groups is 1. The molecule has 27 heavy (non-hydrogen) atoms. The van der Waals surface area contributed by atoms with Crippen LogP contribution < -0.4 is 15.5 Å². The number of nitrogens with zero attached hydrogens (tertiary/aromatic N) is 2. The van der Waals surface area contributed by atoms with E-state index in [1.165, 1.54) is 18.5 Å². The van der Waals surface area contributed by atoms with Crippen LogP contribution in [0.3, 0.4) is 0 Å². The number of hydrogen-bond donors (Lipinski definition) is 2. The van der Waals surface area contributed by atoms with Crippen molar-refractivity contribution in [3.05, 3.63) is 29.3 Å². The van der Waals surface area contributed by atoms with Crippen LogP contribution in [0.25, 0.3) is 0 Å². The quantitative estimate of drug-likeness (QED) is 0.319. The first kappa shape index (κ1) is 22.6. The van der Waals surface area contributed by atoms with Gasteiger partial charge in [-0.25, -0.2) is 0 Å². The third-order valence-electron chi connectivity index (χ3n) is 5.41. The summed E-state index contributed by atoms with van der Waals surface area (Å²) >= 11 is 6.13. The van der Waals surface area contributed by atoms with Crippen LogP contribution in [0.15, 0.2) is 29.3 Å². The van der Waals surface area contributed by atoms with Gasteiger partial charge in [0.25, 0.3) is 0 Å². The summed E-state index contributed by atoms with van der Waals surface area (Å²) in [6.45, 7) is 6.71. The molecule has 5 nitrogen and oxygen atoms in total. The molecule has 1 aromatic carbocycles. The summed E-state index contributed by atoms with van der Waals surface area (Å²) in [5.41, 5.74) is 1.57. The van der Waals surface area contributed by atoms with E-state index in [1.807, 2.05) is 18.2 Å². The summed E-state index contributed by atoms with van der Waals surface area (Å²) in [7, 11) is 1.77. The van der Waals surface area contributed by atoms with Gasteiger partial charge in [0.15, 0.2) is 5.96 Å². The normalized spacial score (nSPS) is 20.9. The van der Waals surface area contributed by atoms with Crippen molar-refractivity contribution in [1.29, 1.82) is 0 Å². The number of ether oxygens (including phenoxy) is 1. The zero-order chi connectivity index (χ0) is 18.4. The highest BCUT2D eigenvalue weighted by Gasteiger charge is 2.41. The van der Waals surface area contributed by atoms with Gasteiger partial charge >= 0.3 is 0 Å². The summed E-state index contributed by atoms with van der Waals surface area (Å²) in [5, 5.41) is 7.81. The van der Waals surface area contributed by atoms with Crippen LogP contribution in [0.1, 0.15) is 32.6 Å². The van der Waals surface area contributed by atoms with Gasteiger partial charge in [-0.3, -0.25) is 4.99 Å². The van der Waals surface area contributed by atoms with Gasteiger partial charge in [-0.1, -0.05) is 17.7 Å². The number of anilines is 1. The predicted octanol–water partition coefficient (Wildman–Crippen LogP) is 3.91. The van der Waals surface area contributed by atoms with Crippen LogP contribution in [0.4, 0.5) is 5.69 Å². The number of halogens is 2. The van der Waals surface area contributed by atoms with Gasteiger partial charge < -0.3 is 20.3 Å². The number of benzene rings is 1. The Kier molecular flexibility index (Phi) is 8.95. The van der Waals surface area contributed by atoms with Crippen molar-refractivity contribution in [2.45, 2.75) is 38.6 Å². The number of hydrogen-bond acceptors (Lipinski definition) is 3. The maximum atomic E-state index is 6.13. The van der Waals surface area contributed by atoms with Crippen LogP contribution in [0.2, 0.25) is 5.02 Å². The minimum Gasteiger partial charge on any atom is -0.385 e. The molecule has 1 atom stereocenters. The third kappa shape index (κ3) is 6.68. The fourth-order valence-electron chi connectivity index (χ4n) is 3.53. The molecule has 0 spiro atoms. The summed E-state index contributed by atoms with van der Waals surface area (Å²) < 4.78 is 5.25. The molecule has 1 saturated heterocycles. The Morgan fingerprint density at radius 1 is 1.41 bits per heavy atom. The molecule has 2 N–H and O–H groups in total. The van der Waals surface area contributed by atoms with E-state index in [2.05, 4.69) is 28.5 Å². The SMILES string of the molecule is CCNC(=NCC1(CCOC)CC1)NC1CCN(c2cccc(Cl)c2)C1.I. The Balaban J connectivity index is 0.00000261. The first-order valence-corrected chi connectivity index (χ1v) is 10.1. The predicted molar refractivity (Wildman–Crippen MR) is 125 cm³/mol. The largest absolute Gasteiger partial charge is 0.385 e. The Morgan fingerprint density at radius 3 is 2.89 bits per heavy atom. The minimum absolute atomic E-state index is 0. The molecule has 1 aliphatic heterocycles. The van der Waals surface area contributed by atoms with Gasteiger partial charge in [-0.05, 0) is 56.2 Å². The Labute approximate surface area is 185 Å². The summed E-state index contributed by atoms with van der Waals surface area (Å²) in [4.78, 5) is 7.26. The van der Waals surface area contributed by atoms with E-state index >= 15 is 0 Å². The van der Waals surface area contributed by atoms with Gasteiger partial charge in [-0.2, -0.15) is 0 Å². The molecule has 0 aromatic heterocycles. The van der Waals surface area contributed by atoms with E-state index in [9.17, 15) is 0 Å². The van der Waals surface area contributed by atoms with E-state index in [1.54, 1.807) is 7.11 Å². The minimum atomic E-state index is 0. The van der Waals surface area contributed by atoms with E-state index in [0.717, 1.165) is 56.6 Å². The van der Waals surface area contributed by atoms with Gasteiger partial charge in [0.2, 0.25) is 0 Å². The molecule has 152 valence electrons. The lowest BCUT2D eigenvalue weighted by Gasteiger charge is -2.21. The van der Waals surface area contributed by atoms with Crippen molar-refractivity contribution in [3.63, 3.8) is 0 Å². The van der Waals surface area contributed by atoms with Gasteiger partial charge in [0, 0.05) is 56.6 Å². The highest BCUT2D eigenvalue weighted by Crippen LogP contribution is 2.48. The van der Waals surface area contributed by atoms with E-state index in [-0.39, 0.29) is 24.0 Å². The molecule has 0 amide bonds. The lowest BCUT2D eigenvalue weighted by Crippen LogP contribution is -2.45. The zero-order valence-electron chi connectivity index (χ0n) is 16.3. The van der Waals surface area contributed by atoms with Crippen molar-refractivity contribution < 1.29 is 4.74 Å². The molecule has 1 saturated carbocycles. The first-order chi connectivity index (χ1) is 12.6. The topological polar surface area (TPSA) is 48.9 Å². The lowest BCUT2D eigenvalue weighted by molar-refractivity contribution is 0.174. The number of nitrogens with one attached hydrogen (secondary N) is 2. The lowest BCUT2D eigenvalue weighted by atomic mass is 10.0. The second-order valence-corrected chi connectivity index (χ2v) is 7.93. The molecular weight excluding hydrogens is 475 g/mol. The van der Waals surface area contributed by atoms with Crippen LogP contribution in [-0.2, 0) is 4.74 Å².